The Bertz CT molecular complexity index is 444. The van der Waals surface area contributed by atoms with Crippen molar-refractivity contribution in [2.45, 2.75) is 0 Å². The minimum Gasteiger partial charge on any atom is -0.507 e. The van der Waals surface area contributed by atoms with Crippen molar-refractivity contribution in [3.63, 3.8) is 0 Å². The quantitative estimate of drug-likeness (QED) is 0.365. The molecule has 0 fully saturated rings. The molecule has 5 nitrogen and oxygen atoms in total. The lowest BCUT2D eigenvalue weighted by atomic mass is 10.1. The van der Waals surface area contributed by atoms with Crippen LogP contribution in [0.2, 0.25) is 0 Å². The highest BCUT2D eigenvalue weighted by Gasteiger charge is 2.19. The molecule has 5 heteroatoms. The Morgan fingerprint density at radius 1 is 1.29 bits per heavy atom. The van der Waals surface area contributed by atoms with E-state index in [9.17, 15) is 14.7 Å². The second kappa shape index (κ2) is 5.69. The molecule has 0 unspecified atom stereocenters. The molecule has 1 aromatic carbocycles. The maximum absolute atomic E-state index is 11.3. The summed E-state index contributed by atoms with van der Waals surface area (Å²) in [6.07, 6.45) is 1.27. The fourth-order valence-electron chi connectivity index (χ4n) is 1.15. The summed E-state index contributed by atoms with van der Waals surface area (Å²) in [5.74, 6) is -1.69. The molecule has 0 aliphatic carbocycles. The summed E-state index contributed by atoms with van der Waals surface area (Å²) in [5.41, 5.74) is 0.215. The number of esters is 2. The predicted molar refractivity (Wildman–Crippen MR) is 59.0 cm³/mol. The minimum atomic E-state index is -0.802. The highest BCUT2D eigenvalue weighted by atomic mass is 16.5. The van der Waals surface area contributed by atoms with Crippen LogP contribution in [0.15, 0.2) is 23.8 Å². The third kappa shape index (κ3) is 3.34. The largest absolute Gasteiger partial charge is 0.507 e. The molecule has 0 atom stereocenters. The van der Waals surface area contributed by atoms with Crippen LogP contribution < -0.4 is 0 Å². The predicted octanol–water partition coefficient (Wildman–Crippen LogP) is 0.922. The molecule has 1 aromatic rings. The average molecular weight is 235 g/mol. The first-order valence-electron chi connectivity index (χ1n) is 4.67. The Hall–Kier alpha value is -2.30. The normalized spacial score (nSPS) is 9.29. The average Bonchev–Trinajstić information content (AvgIpc) is 2.34. The van der Waals surface area contributed by atoms with E-state index in [0.717, 1.165) is 14.2 Å². The van der Waals surface area contributed by atoms with Gasteiger partial charge in [0.15, 0.2) is 0 Å². The number of benzene rings is 1. The van der Waals surface area contributed by atoms with Crippen LogP contribution in [0.3, 0.4) is 0 Å². The Kier molecular flexibility index (Phi) is 4.28. The molecule has 0 amide bonds. The van der Waals surface area contributed by atoms with Gasteiger partial charge in [-0.25, -0.2) is 9.59 Å². The maximum atomic E-state index is 11.3. The highest BCUT2D eigenvalue weighted by Crippen LogP contribution is 2.14. The van der Waals surface area contributed by atoms with E-state index in [4.69, 9.17) is 0 Å². The smallest absolute Gasteiger partial charge is 0.345 e. The van der Waals surface area contributed by atoms with Gasteiger partial charge >= 0.3 is 11.9 Å². The second-order valence-electron chi connectivity index (χ2n) is 3.05. The molecule has 0 saturated heterocycles. The first-order chi connectivity index (χ1) is 8.08. The van der Waals surface area contributed by atoms with Crippen molar-refractivity contribution in [3.8, 4) is 5.75 Å². The molecule has 1 rings (SSSR count). The zero-order valence-corrected chi connectivity index (χ0v) is 9.39. The summed E-state index contributed by atoms with van der Waals surface area (Å²) in [4.78, 5) is 22.7. The van der Waals surface area contributed by atoms with E-state index in [0.29, 0.717) is 5.56 Å². The van der Waals surface area contributed by atoms with Crippen molar-refractivity contribution in [3.05, 3.63) is 35.4 Å². The molecule has 1 N–H and O–H groups in total. The SMILES string of the molecule is COC(=O)C(=Cc1cc[c]c(O)c1)C(=O)OC. The zero-order valence-electron chi connectivity index (χ0n) is 9.39. The first kappa shape index (κ1) is 12.8. The van der Waals surface area contributed by atoms with Gasteiger partial charge in [0.1, 0.15) is 11.3 Å². The number of hydrogen-bond donors (Lipinski definition) is 1. The van der Waals surface area contributed by atoms with Gasteiger partial charge in [0.2, 0.25) is 0 Å². The van der Waals surface area contributed by atoms with Crippen molar-refractivity contribution in [2.75, 3.05) is 14.2 Å². The molecule has 1 radical (unpaired) electrons. The molecule has 0 bridgehead atoms. The molecular weight excluding hydrogens is 224 g/mol. The monoisotopic (exact) mass is 235 g/mol. The van der Waals surface area contributed by atoms with Crippen molar-refractivity contribution in [1.29, 1.82) is 0 Å². The number of ether oxygens (including phenoxy) is 2. The van der Waals surface area contributed by atoms with E-state index in [1.807, 2.05) is 0 Å². The van der Waals surface area contributed by atoms with E-state index in [1.165, 1.54) is 18.2 Å². The van der Waals surface area contributed by atoms with Crippen molar-refractivity contribution < 1.29 is 24.2 Å². The van der Waals surface area contributed by atoms with Crippen LogP contribution in [0.25, 0.3) is 6.08 Å². The fourth-order valence-corrected chi connectivity index (χ4v) is 1.15. The molecule has 17 heavy (non-hydrogen) atoms. The molecule has 0 aromatic heterocycles. The molecule has 0 heterocycles. The third-order valence-electron chi connectivity index (χ3n) is 1.93. The van der Waals surface area contributed by atoms with Gasteiger partial charge in [-0.1, -0.05) is 6.07 Å². The topological polar surface area (TPSA) is 72.8 Å². The van der Waals surface area contributed by atoms with Crippen LogP contribution in [0.4, 0.5) is 0 Å². The summed E-state index contributed by atoms with van der Waals surface area (Å²) < 4.78 is 8.92. The third-order valence-corrected chi connectivity index (χ3v) is 1.93. The van der Waals surface area contributed by atoms with E-state index >= 15 is 0 Å². The fraction of sp³-hybridized carbons (Fsp3) is 0.167. The molecule has 0 aliphatic rings. The van der Waals surface area contributed by atoms with Gasteiger partial charge < -0.3 is 14.6 Å². The standard InChI is InChI=1S/C12H11O5/c1-16-11(14)10(12(15)17-2)7-8-4-3-5-9(13)6-8/h3-4,6-7,13H,1-2H3. The molecule has 0 aliphatic heterocycles. The number of hydrogen-bond acceptors (Lipinski definition) is 5. The van der Waals surface area contributed by atoms with Crippen LogP contribution in [-0.4, -0.2) is 31.3 Å². The van der Waals surface area contributed by atoms with Crippen LogP contribution in [0.1, 0.15) is 5.56 Å². The van der Waals surface area contributed by atoms with E-state index in [-0.39, 0.29) is 11.3 Å². The van der Waals surface area contributed by atoms with Crippen molar-refractivity contribution in [1.82, 2.24) is 0 Å². The van der Waals surface area contributed by atoms with Crippen LogP contribution in [0, 0.1) is 6.07 Å². The summed E-state index contributed by atoms with van der Waals surface area (Å²) in [5, 5.41) is 9.20. The van der Waals surface area contributed by atoms with Gasteiger partial charge in [-0.15, -0.1) is 0 Å². The number of phenols is 1. The lowest BCUT2D eigenvalue weighted by Crippen LogP contribution is -2.15. The number of phenolic OH excluding ortho intramolecular Hbond substituents is 1. The summed E-state index contributed by atoms with van der Waals surface area (Å²) in [7, 11) is 2.32. The Morgan fingerprint density at radius 3 is 2.35 bits per heavy atom. The lowest BCUT2D eigenvalue weighted by Gasteiger charge is -2.03. The van der Waals surface area contributed by atoms with E-state index in [2.05, 4.69) is 15.5 Å². The lowest BCUT2D eigenvalue weighted by molar-refractivity contribution is -0.143. The first-order valence-corrected chi connectivity index (χ1v) is 4.67. The summed E-state index contributed by atoms with van der Waals surface area (Å²) >= 11 is 0. The minimum absolute atomic E-state index is 0.0900. The van der Waals surface area contributed by atoms with Gasteiger partial charge in [0.05, 0.1) is 14.2 Å². The van der Waals surface area contributed by atoms with Gasteiger partial charge in [-0.05, 0) is 23.8 Å². The van der Waals surface area contributed by atoms with Crippen molar-refractivity contribution in [2.24, 2.45) is 0 Å². The van der Waals surface area contributed by atoms with Gasteiger partial charge in [0.25, 0.3) is 0 Å². The summed E-state index contributed by atoms with van der Waals surface area (Å²) in [6.45, 7) is 0. The molecular formula is C12H11O5. The molecule has 0 saturated carbocycles. The zero-order chi connectivity index (χ0) is 12.8. The van der Waals surface area contributed by atoms with Crippen LogP contribution in [-0.2, 0) is 19.1 Å². The van der Waals surface area contributed by atoms with Crippen LogP contribution in [0.5, 0.6) is 5.75 Å². The Balaban J connectivity index is 3.13. The van der Waals surface area contributed by atoms with E-state index < -0.39 is 11.9 Å². The van der Waals surface area contributed by atoms with E-state index in [1.54, 1.807) is 6.07 Å². The number of aromatic hydroxyl groups is 1. The number of carbonyl (C=O) groups is 2. The second-order valence-corrected chi connectivity index (χ2v) is 3.05. The molecule has 89 valence electrons. The number of methoxy groups -OCH3 is 2. The Morgan fingerprint density at radius 2 is 1.88 bits per heavy atom. The van der Waals surface area contributed by atoms with Crippen molar-refractivity contribution >= 4 is 18.0 Å². The highest BCUT2D eigenvalue weighted by molar-refractivity contribution is 6.17. The number of rotatable bonds is 3. The van der Waals surface area contributed by atoms with Gasteiger partial charge in [-0.2, -0.15) is 0 Å². The maximum Gasteiger partial charge on any atom is 0.345 e. The van der Waals surface area contributed by atoms with Gasteiger partial charge in [-0.3, -0.25) is 0 Å². The summed E-state index contributed by atoms with van der Waals surface area (Å²) in [6, 6.07) is 6.92. The number of carbonyl (C=O) groups excluding carboxylic acids is 2. The molecule has 0 spiro atoms. The van der Waals surface area contributed by atoms with Gasteiger partial charge in [0, 0.05) is 6.07 Å². The Labute approximate surface area is 98.3 Å². The van der Waals surface area contributed by atoms with Crippen LogP contribution >= 0.6 is 0 Å².